The first kappa shape index (κ1) is 29.1. The summed E-state index contributed by atoms with van der Waals surface area (Å²) in [7, 11) is 0. The van der Waals surface area contributed by atoms with Crippen molar-refractivity contribution in [3.05, 3.63) is 117 Å². The van der Waals surface area contributed by atoms with Gasteiger partial charge in [0.15, 0.2) is 0 Å². The number of hydrogen-bond acceptors (Lipinski definition) is 4. The average Bonchev–Trinajstić information content (AvgIpc) is 3.76. The number of halogens is 3. The predicted octanol–water partition coefficient (Wildman–Crippen LogP) is 6.31. The lowest BCUT2D eigenvalue weighted by Crippen LogP contribution is -2.35. The molecule has 1 heterocycles. The maximum absolute atomic E-state index is 14.3. The van der Waals surface area contributed by atoms with E-state index in [1.165, 1.54) is 28.8 Å². The van der Waals surface area contributed by atoms with Gasteiger partial charge in [-0.1, -0.05) is 57.0 Å². The number of aromatic nitrogens is 2. The number of rotatable bonds is 10. The van der Waals surface area contributed by atoms with Crippen molar-refractivity contribution >= 4 is 5.91 Å². The highest BCUT2D eigenvalue weighted by Gasteiger charge is 2.29. The van der Waals surface area contributed by atoms with Crippen LogP contribution in [0.1, 0.15) is 72.0 Å². The second-order valence-electron chi connectivity index (χ2n) is 11.3. The van der Waals surface area contributed by atoms with Crippen molar-refractivity contribution in [1.29, 1.82) is 0 Å². The lowest BCUT2D eigenvalue weighted by atomic mass is 9.94. The monoisotopic (exact) mass is 575 g/mol. The second kappa shape index (κ2) is 11.8. The largest absolute Gasteiger partial charge is 0.493 e. The van der Waals surface area contributed by atoms with Crippen LogP contribution in [-0.4, -0.2) is 20.6 Å². The molecule has 3 aromatic carbocycles. The summed E-state index contributed by atoms with van der Waals surface area (Å²) in [4.78, 5) is 30.4. The number of primary amides is 1. The second-order valence-corrected chi connectivity index (χ2v) is 11.3. The third kappa shape index (κ3) is 6.25. The molecule has 9 heteroatoms. The highest BCUT2D eigenvalue weighted by molar-refractivity contribution is 5.99. The van der Waals surface area contributed by atoms with Gasteiger partial charge in [-0.25, -0.2) is 13.2 Å². The minimum absolute atomic E-state index is 0.0370. The normalized spacial score (nSPS) is 13.9. The third-order valence-corrected chi connectivity index (χ3v) is 7.76. The Morgan fingerprint density at radius 1 is 1.00 bits per heavy atom. The van der Waals surface area contributed by atoms with E-state index in [0.717, 1.165) is 31.4 Å². The van der Waals surface area contributed by atoms with E-state index >= 15 is 0 Å². The van der Waals surface area contributed by atoms with Crippen molar-refractivity contribution in [3.8, 4) is 17.0 Å². The van der Waals surface area contributed by atoms with Gasteiger partial charge in [-0.05, 0) is 64.8 Å². The van der Waals surface area contributed by atoms with Crippen molar-refractivity contribution in [2.75, 3.05) is 0 Å². The Balaban J connectivity index is 1.55. The van der Waals surface area contributed by atoms with Gasteiger partial charge in [-0.2, -0.15) is 4.98 Å². The van der Waals surface area contributed by atoms with Crippen LogP contribution in [0.5, 0.6) is 5.88 Å². The standard InChI is InChI=1S/C33H32F3N3O3/c1-18(2)30(22-14-24(35)16-25(36)15-22)39-29(12-7-19-3-4-19)38-32(41)28(33(39)42)13-20-5-8-21(9-6-20)26-11-10-23(34)17-27(26)31(37)40/h5-6,8-11,14-19,30,41H,3-4,7,12-13H2,1-2H3,(H2,37,40)/t30-/m0/s1. The third-order valence-electron chi connectivity index (χ3n) is 7.76. The molecule has 1 amide bonds. The van der Waals surface area contributed by atoms with Crippen molar-refractivity contribution in [2.45, 2.75) is 52.0 Å². The molecule has 218 valence electrons. The van der Waals surface area contributed by atoms with Crippen molar-refractivity contribution in [3.63, 3.8) is 0 Å². The topological polar surface area (TPSA) is 98.2 Å². The first-order valence-electron chi connectivity index (χ1n) is 14.0. The Bertz CT molecular complexity index is 1680. The van der Waals surface area contributed by atoms with Gasteiger partial charge in [0.1, 0.15) is 23.3 Å². The van der Waals surface area contributed by atoms with E-state index in [4.69, 9.17) is 5.73 Å². The number of carbonyl (C=O) groups is 1. The summed E-state index contributed by atoms with van der Waals surface area (Å²) in [5.41, 5.74) is 7.13. The van der Waals surface area contributed by atoms with Gasteiger partial charge in [0, 0.05) is 24.5 Å². The summed E-state index contributed by atoms with van der Waals surface area (Å²) >= 11 is 0. The molecule has 0 spiro atoms. The van der Waals surface area contributed by atoms with Gasteiger partial charge in [0.2, 0.25) is 11.8 Å². The van der Waals surface area contributed by atoms with E-state index in [-0.39, 0.29) is 29.3 Å². The zero-order chi connectivity index (χ0) is 30.1. The maximum Gasteiger partial charge on any atom is 0.261 e. The molecule has 5 rings (SSSR count). The molecule has 0 radical (unpaired) electrons. The highest BCUT2D eigenvalue weighted by Crippen LogP contribution is 2.35. The molecule has 0 bridgehead atoms. The van der Waals surface area contributed by atoms with Crippen LogP contribution in [0.3, 0.4) is 0 Å². The lowest BCUT2D eigenvalue weighted by molar-refractivity contribution is 0.100. The summed E-state index contributed by atoms with van der Waals surface area (Å²) in [6.07, 6.45) is 3.49. The van der Waals surface area contributed by atoms with E-state index < -0.39 is 35.0 Å². The minimum Gasteiger partial charge on any atom is -0.493 e. The molecule has 6 nitrogen and oxygen atoms in total. The van der Waals surface area contributed by atoms with Gasteiger partial charge in [0.05, 0.1) is 11.6 Å². The number of aryl methyl sites for hydroxylation is 1. The Morgan fingerprint density at radius 2 is 1.67 bits per heavy atom. The van der Waals surface area contributed by atoms with Crippen LogP contribution in [0.25, 0.3) is 11.1 Å². The van der Waals surface area contributed by atoms with Crippen molar-refractivity contribution in [1.82, 2.24) is 9.55 Å². The van der Waals surface area contributed by atoms with Crippen LogP contribution < -0.4 is 11.3 Å². The van der Waals surface area contributed by atoms with Crippen LogP contribution in [0, 0.1) is 29.3 Å². The SMILES string of the molecule is CC(C)[C@@H](c1cc(F)cc(F)c1)n1c(CCC2CC2)nc(O)c(Cc2ccc(-c3ccc(F)cc3C(N)=O)cc2)c1=O. The van der Waals surface area contributed by atoms with E-state index in [2.05, 4.69) is 4.98 Å². The zero-order valence-corrected chi connectivity index (χ0v) is 23.4. The van der Waals surface area contributed by atoms with Crippen LogP contribution in [0.2, 0.25) is 0 Å². The summed E-state index contributed by atoms with van der Waals surface area (Å²) in [5, 5.41) is 10.9. The van der Waals surface area contributed by atoms with E-state index in [1.807, 2.05) is 13.8 Å². The molecule has 4 aromatic rings. The summed E-state index contributed by atoms with van der Waals surface area (Å²) < 4.78 is 43.8. The van der Waals surface area contributed by atoms with Crippen molar-refractivity contribution < 1.29 is 23.1 Å². The van der Waals surface area contributed by atoms with Crippen LogP contribution in [0.15, 0.2) is 65.5 Å². The number of amides is 1. The minimum atomic E-state index is -0.759. The number of nitrogens with two attached hydrogens (primary N) is 1. The van der Waals surface area contributed by atoms with Crippen LogP contribution in [0.4, 0.5) is 13.2 Å². The van der Waals surface area contributed by atoms with E-state index in [9.17, 15) is 27.9 Å². The molecule has 3 N–H and O–H groups in total. The van der Waals surface area contributed by atoms with Gasteiger partial charge in [-0.3, -0.25) is 14.2 Å². The number of benzene rings is 3. The molecular weight excluding hydrogens is 543 g/mol. The molecule has 1 aromatic heterocycles. The summed E-state index contributed by atoms with van der Waals surface area (Å²) in [5.74, 6) is -2.51. The van der Waals surface area contributed by atoms with Gasteiger partial charge >= 0.3 is 0 Å². The summed E-state index contributed by atoms with van der Waals surface area (Å²) in [6, 6.07) is 13.2. The molecule has 1 aliphatic rings. The molecule has 0 aliphatic heterocycles. The molecule has 1 saturated carbocycles. The fourth-order valence-corrected chi connectivity index (χ4v) is 5.52. The lowest BCUT2D eigenvalue weighted by Gasteiger charge is -2.27. The quantitative estimate of drug-likeness (QED) is 0.232. The Labute approximate surface area is 241 Å². The molecule has 1 aliphatic carbocycles. The number of hydrogen-bond donors (Lipinski definition) is 2. The zero-order valence-electron chi connectivity index (χ0n) is 23.4. The number of carbonyl (C=O) groups excluding carboxylic acids is 1. The first-order valence-corrected chi connectivity index (χ1v) is 14.0. The molecule has 1 atom stereocenters. The fourth-order valence-electron chi connectivity index (χ4n) is 5.52. The first-order chi connectivity index (χ1) is 20.0. The average molecular weight is 576 g/mol. The summed E-state index contributed by atoms with van der Waals surface area (Å²) in [6.45, 7) is 3.73. The van der Waals surface area contributed by atoms with Crippen LogP contribution >= 0.6 is 0 Å². The van der Waals surface area contributed by atoms with Gasteiger partial charge in [0.25, 0.3) is 5.56 Å². The molecule has 0 unspecified atom stereocenters. The van der Waals surface area contributed by atoms with Gasteiger partial charge in [-0.15, -0.1) is 0 Å². The Kier molecular flexibility index (Phi) is 8.20. The van der Waals surface area contributed by atoms with E-state index in [1.54, 1.807) is 24.3 Å². The fraction of sp³-hybridized carbons (Fsp3) is 0.303. The predicted molar refractivity (Wildman–Crippen MR) is 154 cm³/mol. The maximum atomic E-state index is 14.3. The van der Waals surface area contributed by atoms with Gasteiger partial charge < -0.3 is 10.8 Å². The number of nitrogens with zero attached hydrogens (tertiary/aromatic N) is 2. The Morgan fingerprint density at radius 3 is 2.26 bits per heavy atom. The number of aromatic hydroxyl groups is 1. The highest BCUT2D eigenvalue weighted by atomic mass is 19.1. The molecule has 1 fully saturated rings. The Hall–Kier alpha value is -4.40. The van der Waals surface area contributed by atoms with E-state index in [0.29, 0.717) is 40.4 Å². The van der Waals surface area contributed by atoms with Crippen molar-refractivity contribution in [2.24, 2.45) is 17.6 Å². The molecule has 0 saturated heterocycles. The molecule has 42 heavy (non-hydrogen) atoms. The molecular formula is C33H32F3N3O3. The van der Waals surface area contributed by atoms with Crippen LogP contribution in [-0.2, 0) is 12.8 Å². The smallest absolute Gasteiger partial charge is 0.261 e.